The Labute approximate surface area is 128 Å². The summed E-state index contributed by atoms with van der Waals surface area (Å²) in [5.41, 5.74) is 2.69. The van der Waals surface area contributed by atoms with E-state index in [1.807, 2.05) is 13.1 Å². The lowest BCUT2D eigenvalue weighted by molar-refractivity contribution is 0.163. The van der Waals surface area contributed by atoms with Gasteiger partial charge in [0.05, 0.1) is 5.69 Å². The van der Waals surface area contributed by atoms with Crippen LogP contribution in [0.5, 0.6) is 0 Å². The van der Waals surface area contributed by atoms with E-state index in [0.29, 0.717) is 18.2 Å². The molecule has 0 unspecified atom stereocenters. The molecule has 0 aliphatic carbocycles. The molecule has 2 aliphatic heterocycles. The molecule has 1 fully saturated rings. The molecule has 0 amide bonds. The largest absolute Gasteiger partial charge is 0.289 e. The minimum absolute atomic E-state index is 0.219. The summed E-state index contributed by atoms with van der Waals surface area (Å²) in [5, 5.41) is 0. The van der Waals surface area contributed by atoms with Crippen LogP contribution in [0.25, 0.3) is 0 Å². The number of hydrogen-bond donors (Lipinski definition) is 0. The zero-order valence-electron chi connectivity index (χ0n) is 12.4. The molecule has 2 bridgehead atoms. The maximum atomic E-state index is 13.9. The summed E-state index contributed by atoms with van der Waals surface area (Å²) in [6.45, 7) is 2.34. The average Bonchev–Trinajstić information content (AvgIpc) is 2.76. The zero-order chi connectivity index (χ0) is 15.3. The zero-order valence-corrected chi connectivity index (χ0v) is 12.4. The fourth-order valence-electron chi connectivity index (χ4n) is 3.78. The summed E-state index contributed by atoms with van der Waals surface area (Å²) in [6.07, 6.45) is 4.86. The highest BCUT2D eigenvalue weighted by Crippen LogP contribution is 2.43. The fraction of sp³-hybridized carbons (Fsp3) is 0.412. The molecule has 0 saturated carbocycles. The molecule has 22 heavy (non-hydrogen) atoms. The topological polar surface area (TPSA) is 29.0 Å². The van der Waals surface area contributed by atoms with Crippen LogP contribution in [0.2, 0.25) is 0 Å². The van der Waals surface area contributed by atoms with Gasteiger partial charge in [-0.15, -0.1) is 0 Å². The quantitative estimate of drug-likeness (QED) is 0.852. The van der Waals surface area contributed by atoms with Gasteiger partial charge in [0.2, 0.25) is 0 Å². The van der Waals surface area contributed by atoms with Crippen LogP contribution in [0.1, 0.15) is 41.5 Å². The first-order chi connectivity index (χ1) is 10.6. The van der Waals surface area contributed by atoms with Crippen LogP contribution < -0.4 is 0 Å². The van der Waals surface area contributed by atoms with Crippen LogP contribution in [0.15, 0.2) is 24.4 Å². The van der Waals surface area contributed by atoms with Crippen molar-refractivity contribution in [3.63, 3.8) is 0 Å². The molecule has 5 heteroatoms. The van der Waals surface area contributed by atoms with Gasteiger partial charge in [0.15, 0.2) is 0 Å². The molecule has 2 aliphatic rings. The van der Waals surface area contributed by atoms with Gasteiger partial charge in [0.25, 0.3) is 0 Å². The molecule has 2 aromatic rings. The maximum absolute atomic E-state index is 13.9. The van der Waals surface area contributed by atoms with Crippen LogP contribution in [-0.2, 0) is 13.0 Å². The molecule has 0 radical (unpaired) electrons. The first-order valence-electron chi connectivity index (χ1n) is 7.64. The van der Waals surface area contributed by atoms with Crippen molar-refractivity contribution >= 4 is 0 Å². The van der Waals surface area contributed by atoms with Crippen molar-refractivity contribution in [3.05, 3.63) is 58.7 Å². The molecular formula is C17H17F2N3. The van der Waals surface area contributed by atoms with Crippen LogP contribution >= 0.6 is 0 Å². The van der Waals surface area contributed by atoms with Crippen molar-refractivity contribution in [2.75, 3.05) is 0 Å². The predicted molar refractivity (Wildman–Crippen MR) is 78.1 cm³/mol. The standard InChI is InChI=1S/C17H17F2N3/c1-10-20-8-14-16(21-10)7-13-3-5-17(14)22(13)9-11-6-12(18)2-4-15(11)19/h2,4,6,8,13,17H,3,5,7,9H2,1H3/t13-,17+/m0/s1. The molecule has 2 atom stereocenters. The van der Waals surface area contributed by atoms with Crippen molar-refractivity contribution in [2.24, 2.45) is 0 Å². The predicted octanol–water partition coefficient (Wildman–Crippen LogP) is 3.33. The Morgan fingerprint density at radius 2 is 2.14 bits per heavy atom. The van der Waals surface area contributed by atoms with Gasteiger partial charge >= 0.3 is 0 Å². The van der Waals surface area contributed by atoms with Gasteiger partial charge in [-0.3, -0.25) is 4.90 Å². The SMILES string of the molecule is Cc1ncc2c(n1)C[C@@H]1CC[C@H]2N1Cc1cc(F)ccc1F. The molecule has 4 rings (SSSR count). The minimum Gasteiger partial charge on any atom is -0.289 e. The van der Waals surface area contributed by atoms with E-state index < -0.39 is 0 Å². The van der Waals surface area contributed by atoms with Gasteiger partial charge in [0, 0.05) is 42.4 Å². The summed E-state index contributed by atoms with van der Waals surface area (Å²) in [6, 6.07) is 4.24. The van der Waals surface area contributed by atoms with Crippen molar-refractivity contribution in [2.45, 2.75) is 44.8 Å². The normalized spacial score (nSPS) is 23.6. The number of hydrogen-bond acceptors (Lipinski definition) is 3. The number of halogens is 2. The smallest absolute Gasteiger partial charge is 0.127 e. The Kier molecular flexibility index (Phi) is 3.18. The van der Waals surface area contributed by atoms with Crippen molar-refractivity contribution < 1.29 is 8.78 Å². The van der Waals surface area contributed by atoms with E-state index in [1.165, 1.54) is 12.1 Å². The highest BCUT2D eigenvalue weighted by atomic mass is 19.1. The number of benzene rings is 1. The molecule has 114 valence electrons. The Morgan fingerprint density at radius 3 is 3.00 bits per heavy atom. The number of rotatable bonds is 2. The fourth-order valence-corrected chi connectivity index (χ4v) is 3.78. The van der Waals surface area contributed by atoms with Gasteiger partial charge in [0.1, 0.15) is 17.5 Å². The average molecular weight is 301 g/mol. The lowest BCUT2D eigenvalue weighted by Crippen LogP contribution is -2.37. The number of aryl methyl sites for hydroxylation is 1. The summed E-state index contributed by atoms with van der Waals surface area (Å²) in [5.74, 6) is 0.0645. The van der Waals surface area contributed by atoms with Gasteiger partial charge in [-0.25, -0.2) is 18.7 Å². The third-order valence-electron chi connectivity index (χ3n) is 4.81. The Hall–Kier alpha value is -1.88. The summed E-state index contributed by atoms with van der Waals surface area (Å²) in [7, 11) is 0. The lowest BCUT2D eigenvalue weighted by Gasteiger charge is -2.35. The summed E-state index contributed by atoms with van der Waals surface area (Å²) < 4.78 is 27.3. The third kappa shape index (κ3) is 2.20. The third-order valence-corrected chi connectivity index (χ3v) is 4.81. The highest BCUT2D eigenvalue weighted by Gasteiger charge is 2.40. The van der Waals surface area contributed by atoms with Gasteiger partial charge in [-0.1, -0.05) is 0 Å². The first kappa shape index (κ1) is 13.8. The van der Waals surface area contributed by atoms with E-state index in [1.54, 1.807) is 0 Å². The van der Waals surface area contributed by atoms with Crippen LogP contribution in [0, 0.1) is 18.6 Å². The second-order valence-corrected chi connectivity index (χ2v) is 6.18. The molecule has 1 aromatic heterocycles. The van der Waals surface area contributed by atoms with Crippen molar-refractivity contribution in [1.29, 1.82) is 0 Å². The molecular weight excluding hydrogens is 284 g/mol. The van der Waals surface area contributed by atoms with Gasteiger partial charge < -0.3 is 0 Å². The Bertz CT molecular complexity index is 732. The van der Waals surface area contributed by atoms with Crippen molar-refractivity contribution in [1.82, 2.24) is 14.9 Å². The summed E-state index contributed by atoms with van der Waals surface area (Å²) >= 11 is 0. The Balaban J connectivity index is 1.67. The van der Waals surface area contributed by atoms with Crippen LogP contribution in [0.3, 0.4) is 0 Å². The molecule has 1 aromatic carbocycles. The second kappa shape index (κ2) is 5.09. The highest BCUT2D eigenvalue weighted by molar-refractivity contribution is 5.29. The number of fused-ring (bicyclic) bond motifs is 4. The van der Waals surface area contributed by atoms with E-state index in [-0.39, 0.29) is 17.7 Å². The van der Waals surface area contributed by atoms with Crippen LogP contribution in [0.4, 0.5) is 8.78 Å². The second-order valence-electron chi connectivity index (χ2n) is 6.18. The van der Waals surface area contributed by atoms with E-state index >= 15 is 0 Å². The molecule has 0 spiro atoms. The molecule has 3 nitrogen and oxygen atoms in total. The number of aromatic nitrogens is 2. The maximum Gasteiger partial charge on any atom is 0.127 e. The van der Waals surface area contributed by atoms with E-state index in [0.717, 1.165) is 42.4 Å². The van der Waals surface area contributed by atoms with E-state index in [9.17, 15) is 8.78 Å². The summed E-state index contributed by atoms with van der Waals surface area (Å²) in [4.78, 5) is 11.1. The minimum atomic E-state index is -0.389. The lowest BCUT2D eigenvalue weighted by atomic mass is 9.98. The van der Waals surface area contributed by atoms with Gasteiger partial charge in [-0.2, -0.15) is 0 Å². The Morgan fingerprint density at radius 1 is 1.27 bits per heavy atom. The first-order valence-corrected chi connectivity index (χ1v) is 7.64. The molecule has 0 N–H and O–H groups in total. The number of nitrogens with zero attached hydrogens (tertiary/aromatic N) is 3. The van der Waals surface area contributed by atoms with Crippen LogP contribution in [-0.4, -0.2) is 20.9 Å². The molecule has 3 heterocycles. The van der Waals surface area contributed by atoms with E-state index in [4.69, 9.17) is 0 Å². The molecule has 1 saturated heterocycles. The van der Waals surface area contributed by atoms with E-state index in [2.05, 4.69) is 14.9 Å². The van der Waals surface area contributed by atoms with Crippen molar-refractivity contribution in [3.8, 4) is 0 Å². The monoisotopic (exact) mass is 301 g/mol. The van der Waals surface area contributed by atoms with Gasteiger partial charge in [-0.05, 0) is 38.0 Å².